The largest absolute Gasteiger partial charge is 0.495 e. The summed E-state index contributed by atoms with van der Waals surface area (Å²) < 4.78 is 5.85. The third-order valence-electron chi connectivity index (χ3n) is 8.35. The Kier molecular flexibility index (Phi) is 7.76. The van der Waals surface area contributed by atoms with Crippen LogP contribution in [0.25, 0.3) is 10.2 Å². The number of piperidine rings is 1. The average Bonchev–Trinajstić information content (AvgIpc) is 3.63. The van der Waals surface area contributed by atoms with Gasteiger partial charge in [0.2, 0.25) is 5.95 Å². The summed E-state index contributed by atoms with van der Waals surface area (Å²) in [7, 11) is 1.74. The highest BCUT2D eigenvalue weighted by atomic mass is 32.1. The Hall–Kier alpha value is -3.40. The van der Waals surface area contributed by atoms with Crippen molar-refractivity contribution < 1.29 is 9.84 Å². The summed E-state index contributed by atoms with van der Waals surface area (Å²) in [5, 5.41) is 20.5. The lowest BCUT2D eigenvalue weighted by Crippen LogP contribution is -2.43. The number of benzene rings is 2. The van der Waals surface area contributed by atoms with E-state index in [0.717, 1.165) is 63.1 Å². The van der Waals surface area contributed by atoms with Crippen LogP contribution in [-0.4, -0.2) is 59.3 Å². The second-order valence-corrected chi connectivity index (χ2v) is 12.6. The van der Waals surface area contributed by atoms with Gasteiger partial charge in [-0.15, -0.1) is 11.3 Å². The van der Waals surface area contributed by atoms with E-state index in [0.29, 0.717) is 12.0 Å². The van der Waals surface area contributed by atoms with Crippen LogP contribution in [0, 0.1) is 6.92 Å². The van der Waals surface area contributed by atoms with E-state index < -0.39 is 5.60 Å². The lowest BCUT2D eigenvalue weighted by molar-refractivity contribution is 0.0786. The number of rotatable bonds is 8. The molecule has 216 valence electrons. The van der Waals surface area contributed by atoms with Crippen LogP contribution in [0.1, 0.15) is 50.7 Å². The van der Waals surface area contributed by atoms with Gasteiger partial charge in [0.1, 0.15) is 16.4 Å². The van der Waals surface area contributed by atoms with Crippen LogP contribution in [-0.2, 0) is 5.60 Å². The molecule has 4 heterocycles. The lowest BCUT2D eigenvalue weighted by atomic mass is 9.98. The molecule has 3 N–H and O–H groups in total. The summed E-state index contributed by atoms with van der Waals surface area (Å²) in [5.41, 5.74) is 3.90. The second kappa shape index (κ2) is 11.5. The summed E-state index contributed by atoms with van der Waals surface area (Å²) in [6.07, 6.45) is 5.09. The quantitative estimate of drug-likeness (QED) is 0.213. The summed E-state index contributed by atoms with van der Waals surface area (Å²) >= 11 is 1.60. The summed E-state index contributed by atoms with van der Waals surface area (Å²) in [5.74, 6) is 2.10. The summed E-state index contributed by atoms with van der Waals surface area (Å²) in [4.78, 5) is 15.8. The Bertz CT molecular complexity index is 1520. The van der Waals surface area contributed by atoms with Gasteiger partial charge in [-0.2, -0.15) is 4.98 Å². The maximum Gasteiger partial charge on any atom is 0.230 e. The van der Waals surface area contributed by atoms with Crippen molar-refractivity contribution in [2.75, 3.05) is 48.8 Å². The zero-order valence-corrected chi connectivity index (χ0v) is 25.2. The van der Waals surface area contributed by atoms with Gasteiger partial charge >= 0.3 is 0 Å². The SMILES string of the molecule is COc1cc(Nc2nc(Nc3cccc(C(C)(C)O)c3)c3c(C)csc3n2)ccc1N1CCC(N2CCCC2)CC1. The molecule has 6 rings (SSSR count). The first kappa shape index (κ1) is 27.8. The zero-order valence-electron chi connectivity index (χ0n) is 24.4. The standard InChI is InChI=1S/C32H40N6O2S/c1-21-20-41-30-28(21)29(33-23-9-7-8-22(18-23)32(2,3)39)35-31(36-30)34-24-10-11-26(27(19-24)40-4)38-16-12-25(13-17-38)37-14-5-6-15-37/h7-11,18-20,25,39H,5-6,12-17H2,1-4H3,(H2,33,34,35,36). The number of hydrogen-bond acceptors (Lipinski definition) is 9. The average molecular weight is 573 g/mol. The van der Waals surface area contributed by atoms with E-state index in [4.69, 9.17) is 14.7 Å². The molecule has 0 atom stereocenters. The highest BCUT2D eigenvalue weighted by Gasteiger charge is 2.27. The Balaban J connectivity index is 1.22. The van der Waals surface area contributed by atoms with Crippen molar-refractivity contribution in [1.82, 2.24) is 14.9 Å². The Morgan fingerprint density at radius 3 is 2.46 bits per heavy atom. The Morgan fingerprint density at radius 2 is 1.73 bits per heavy atom. The molecular formula is C32H40N6O2S. The second-order valence-electron chi connectivity index (χ2n) is 11.7. The van der Waals surface area contributed by atoms with E-state index in [1.807, 2.05) is 30.3 Å². The van der Waals surface area contributed by atoms with Crippen molar-refractivity contribution in [3.05, 3.63) is 59.0 Å². The molecule has 9 heteroatoms. The van der Waals surface area contributed by atoms with Gasteiger partial charge in [-0.05, 0) is 100 Å². The third kappa shape index (κ3) is 5.98. The first-order chi connectivity index (χ1) is 19.8. The van der Waals surface area contributed by atoms with Gasteiger partial charge in [0, 0.05) is 36.6 Å². The third-order valence-corrected chi connectivity index (χ3v) is 9.34. The molecule has 2 saturated heterocycles. The van der Waals surface area contributed by atoms with Crippen molar-refractivity contribution >= 4 is 50.4 Å². The van der Waals surface area contributed by atoms with Gasteiger partial charge < -0.3 is 30.3 Å². The predicted molar refractivity (Wildman–Crippen MR) is 169 cm³/mol. The van der Waals surface area contributed by atoms with E-state index in [9.17, 15) is 5.11 Å². The van der Waals surface area contributed by atoms with Gasteiger partial charge in [0.25, 0.3) is 0 Å². The van der Waals surface area contributed by atoms with Crippen LogP contribution >= 0.6 is 11.3 Å². The molecule has 0 spiro atoms. The molecule has 0 aliphatic carbocycles. The molecule has 0 amide bonds. The van der Waals surface area contributed by atoms with Crippen molar-refractivity contribution in [2.24, 2.45) is 0 Å². The van der Waals surface area contributed by atoms with Crippen LogP contribution in [0.4, 0.5) is 28.8 Å². The number of ether oxygens (including phenoxy) is 1. The molecular weight excluding hydrogens is 532 g/mol. The van der Waals surface area contributed by atoms with Crippen molar-refractivity contribution in [3.8, 4) is 5.75 Å². The highest BCUT2D eigenvalue weighted by molar-refractivity contribution is 7.17. The monoisotopic (exact) mass is 572 g/mol. The first-order valence-electron chi connectivity index (χ1n) is 14.6. The van der Waals surface area contributed by atoms with E-state index in [1.54, 1.807) is 32.3 Å². The van der Waals surface area contributed by atoms with Crippen LogP contribution in [0.2, 0.25) is 0 Å². The van der Waals surface area contributed by atoms with Gasteiger partial charge in [-0.1, -0.05) is 12.1 Å². The normalized spacial score (nSPS) is 16.9. The van der Waals surface area contributed by atoms with Gasteiger partial charge in [-0.3, -0.25) is 0 Å². The molecule has 0 radical (unpaired) electrons. The van der Waals surface area contributed by atoms with Crippen LogP contribution in [0.15, 0.2) is 47.8 Å². The fourth-order valence-corrected chi connectivity index (χ4v) is 6.99. The van der Waals surface area contributed by atoms with Gasteiger partial charge in [-0.25, -0.2) is 4.98 Å². The maximum atomic E-state index is 10.5. The van der Waals surface area contributed by atoms with Crippen LogP contribution in [0.3, 0.4) is 0 Å². The molecule has 0 unspecified atom stereocenters. The smallest absolute Gasteiger partial charge is 0.230 e. The van der Waals surface area contributed by atoms with Crippen molar-refractivity contribution in [1.29, 1.82) is 0 Å². The molecule has 2 aromatic carbocycles. The van der Waals surface area contributed by atoms with Crippen LogP contribution in [0.5, 0.6) is 5.75 Å². The van der Waals surface area contributed by atoms with Gasteiger partial charge in [0.15, 0.2) is 0 Å². The number of aliphatic hydroxyl groups is 1. The molecule has 0 saturated carbocycles. The predicted octanol–water partition coefficient (Wildman–Crippen LogP) is 6.79. The molecule has 0 bridgehead atoms. The number of nitrogens with zero attached hydrogens (tertiary/aromatic N) is 4. The molecule has 4 aromatic rings. The minimum atomic E-state index is -0.932. The number of hydrogen-bond donors (Lipinski definition) is 3. The van der Waals surface area contributed by atoms with Crippen LogP contribution < -0.4 is 20.3 Å². The number of thiophene rings is 1. The number of fused-ring (bicyclic) bond motifs is 1. The minimum Gasteiger partial charge on any atom is -0.495 e. The minimum absolute atomic E-state index is 0.515. The zero-order chi connectivity index (χ0) is 28.6. The highest BCUT2D eigenvalue weighted by Crippen LogP contribution is 2.37. The number of anilines is 5. The molecule has 8 nitrogen and oxygen atoms in total. The summed E-state index contributed by atoms with van der Waals surface area (Å²) in [6, 6.07) is 14.8. The Morgan fingerprint density at radius 1 is 0.976 bits per heavy atom. The molecule has 2 aliphatic heterocycles. The van der Waals surface area contributed by atoms with E-state index in [-0.39, 0.29) is 0 Å². The summed E-state index contributed by atoms with van der Waals surface area (Å²) in [6.45, 7) is 10.3. The van der Waals surface area contributed by atoms with Crippen molar-refractivity contribution in [2.45, 2.75) is 58.1 Å². The van der Waals surface area contributed by atoms with Gasteiger partial charge in [0.05, 0.1) is 23.8 Å². The number of aryl methyl sites for hydroxylation is 1. The van der Waals surface area contributed by atoms with E-state index in [2.05, 4.69) is 44.9 Å². The lowest BCUT2D eigenvalue weighted by Gasteiger charge is -2.38. The van der Waals surface area contributed by atoms with E-state index >= 15 is 0 Å². The number of nitrogens with one attached hydrogen (secondary N) is 2. The maximum absolute atomic E-state index is 10.5. The number of methoxy groups -OCH3 is 1. The molecule has 41 heavy (non-hydrogen) atoms. The fourth-order valence-electron chi connectivity index (χ4n) is 6.07. The Labute approximate surface area is 246 Å². The molecule has 2 fully saturated rings. The van der Waals surface area contributed by atoms with Crippen molar-refractivity contribution in [3.63, 3.8) is 0 Å². The molecule has 2 aromatic heterocycles. The fraction of sp³-hybridized carbons (Fsp3) is 0.438. The number of likely N-dealkylation sites (tertiary alicyclic amines) is 1. The van der Waals surface area contributed by atoms with E-state index in [1.165, 1.54) is 38.8 Å². The topological polar surface area (TPSA) is 85.8 Å². The first-order valence-corrected chi connectivity index (χ1v) is 15.5. The molecule has 2 aliphatic rings. The number of aromatic nitrogens is 2.